The summed E-state index contributed by atoms with van der Waals surface area (Å²) in [4.78, 5) is 11.3. The zero-order chi connectivity index (χ0) is 18.2. The Hall–Kier alpha value is -0.370. The van der Waals surface area contributed by atoms with Gasteiger partial charge in [0.2, 0.25) is 0 Å². The van der Waals surface area contributed by atoms with E-state index in [1.807, 2.05) is 0 Å². The summed E-state index contributed by atoms with van der Waals surface area (Å²) in [6.07, 6.45) is 2.26. The van der Waals surface area contributed by atoms with Crippen LogP contribution in [-0.2, 0) is 4.79 Å². The third-order valence-electron chi connectivity index (χ3n) is 7.71. The van der Waals surface area contributed by atoms with Crippen molar-refractivity contribution in [1.82, 2.24) is 0 Å². The van der Waals surface area contributed by atoms with Gasteiger partial charge >= 0.3 is 0 Å². The van der Waals surface area contributed by atoms with Crippen molar-refractivity contribution in [3.63, 3.8) is 0 Å². The average Bonchev–Trinajstić information content (AvgIpc) is 2.78. The van der Waals surface area contributed by atoms with Crippen LogP contribution in [-0.4, -0.2) is 17.5 Å². The molecule has 2 aliphatic carbocycles. The summed E-state index contributed by atoms with van der Waals surface area (Å²) in [6, 6.07) is 0. The largest absolute Gasteiger partial charge is 0.396 e. The number of hydrogen-bond donors (Lipinski definition) is 1. The van der Waals surface area contributed by atoms with Crippen molar-refractivity contribution in [2.75, 3.05) is 6.61 Å². The Morgan fingerprint density at radius 3 is 1.52 bits per heavy atom. The van der Waals surface area contributed by atoms with E-state index in [2.05, 4.69) is 55.4 Å². The molecule has 0 spiro atoms. The lowest BCUT2D eigenvalue weighted by atomic mass is 9.81. The molecule has 6 atom stereocenters. The maximum atomic E-state index is 11.3. The number of ketones is 1. The van der Waals surface area contributed by atoms with Gasteiger partial charge in [0.05, 0.1) is 0 Å². The van der Waals surface area contributed by atoms with Gasteiger partial charge in [-0.1, -0.05) is 55.4 Å². The van der Waals surface area contributed by atoms with E-state index in [-0.39, 0.29) is 0 Å². The van der Waals surface area contributed by atoms with Crippen LogP contribution in [0.15, 0.2) is 0 Å². The van der Waals surface area contributed by atoms with Crippen molar-refractivity contribution in [3.05, 3.63) is 0 Å². The first-order chi connectivity index (χ1) is 10.3. The van der Waals surface area contributed by atoms with Crippen molar-refractivity contribution in [3.8, 4) is 0 Å². The number of carbonyl (C=O) groups is 1. The fraction of sp³-hybridized carbons (Fsp3) is 0.952. The van der Waals surface area contributed by atoms with Gasteiger partial charge in [-0.25, -0.2) is 0 Å². The Morgan fingerprint density at radius 1 is 0.913 bits per heavy atom. The Bertz CT molecular complexity index is 410. The van der Waals surface area contributed by atoms with Crippen LogP contribution in [0.2, 0.25) is 0 Å². The molecule has 0 bridgehead atoms. The predicted octanol–water partition coefficient (Wildman–Crippen LogP) is 5.19. The summed E-state index contributed by atoms with van der Waals surface area (Å²) in [5, 5.41) is 9.09. The summed E-state index contributed by atoms with van der Waals surface area (Å²) in [5.41, 5.74) is 0.794. The first-order valence-electron chi connectivity index (χ1n) is 9.46. The SMILES string of the molecule is CC(=O)[C@H]1CC(C)(C)[C@H](C)[C@@H]1C.C[C@@H]1[C@@H](CO)CC(C)(C)[C@@H]1C. The standard InChI is InChI=1S/C11H20O.C10H20O/c1-7-8(2)11(4,5)6-10(7)9(3)12;1-7-8(2)10(3,4)5-9(7)6-11/h7-8,10H,6H2,1-5H3;7-9,11H,5-6H2,1-4H3/t7-,8+,10-;7-,8+,9+/m00/s1. The van der Waals surface area contributed by atoms with E-state index in [9.17, 15) is 4.79 Å². The number of rotatable bonds is 2. The number of carbonyl (C=O) groups excluding carboxylic acids is 1. The van der Waals surface area contributed by atoms with E-state index in [0.29, 0.717) is 52.8 Å². The third-order valence-corrected chi connectivity index (χ3v) is 7.71. The minimum absolute atomic E-state index is 0.315. The highest BCUT2D eigenvalue weighted by molar-refractivity contribution is 5.79. The summed E-state index contributed by atoms with van der Waals surface area (Å²) >= 11 is 0. The van der Waals surface area contributed by atoms with Crippen LogP contribution < -0.4 is 0 Å². The van der Waals surface area contributed by atoms with Gasteiger partial charge in [-0.05, 0) is 60.2 Å². The first-order valence-corrected chi connectivity index (χ1v) is 9.46. The van der Waals surface area contributed by atoms with E-state index in [0.717, 1.165) is 12.3 Å². The molecule has 0 aromatic rings. The van der Waals surface area contributed by atoms with Crippen molar-refractivity contribution in [1.29, 1.82) is 0 Å². The van der Waals surface area contributed by atoms with E-state index in [1.165, 1.54) is 6.42 Å². The number of hydrogen-bond acceptors (Lipinski definition) is 2. The molecule has 0 aromatic carbocycles. The third kappa shape index (κ3) is 4.38. The van der Waals surface area contributed by atoms with E-state index < -0.39 is 0 Å². The Labute approximate surface area is 144 Å². The maximum absolute atomic E-state index is 11.3. The molecule has 0 amide bonds. The number of aliphatic hydroxyl groups excluding tert-OH is 1. The molecule has 2 fully saturated rings. The van der Waals surface area contributed by atoms with Crippen LogP contribution in [0.5, 0.6) is 0 Å². The quantitative estimate of drug-likeness (QED) is 0.759. The normalized spacial score (nSPS) is 41.3. The van der Waals surface area contributed by atoms with E-state index in [4.69, 9.17) is 5.11 Å². The van der Waals surface area contributed by atoms with Gasteiger partial charge in [-0.3, -0.25) is 4.79 Å². The van der Waals surface area contributed by atoms with Crippen LogP contribution >= 0.6 is 0 Å². The molecule has 0 saturated heterocycles. The lowest BCUT2D eigenvalue weighted by molar-refractivity contribution is -0.121. The molecule has 0 radical (unpaired) electrons. The topological polar surface area (TPSA) is 37.3 Å². The second-order valence-corrected chi connectivity index (χ2v) is 9.84. The molecule has 0 aliphatic heterocycles. The minimum Gasteiger partial charge on any atom is -0.396 e. The zero-order valence-corrected chi connectivity index (χ0v) is 16.9. The summed E-state index contributed by atoms with van der Waals surface area (Å²) in [7, 11) is 0. The highest BCUT2D eigenvalue weighted by Crippen LogP contribution is 2.50. The molecule has 0 aromatic heterocycles. The number of aliphatic hydroxyl groups is 1. The molecule has 2 nitrogen and oxygen atoms in total. The van der Waals surface area contributed by atoms with Crippen molar-refractivity contribution < 1.29 is 9.90 Å². The monoisotopic (exact) mass is 324 g/mol. The molecule has 2 rings (SSSR count). The van der Waals surface area contributed by atoms with Gasteiger partial charge in [0.1, 0.15) is 5.78 Å². The fourth-order valence-electron chi connectivity index (χ4n) is 4.91. The average molecular weight is 325 g/mol. The van der Waals surface area contributed by atoms with Gasteiger partial charge < -0.3 is 5.11 Å². The highest BCUT2D eigenvalue weighted by atomic mass is 16.3. The smallest absolute Gasteiger partial charge is 0.133 e. The zero-order valence-electron chi connectivity index (χ0n) is 16.9. The van der Waals surface area contributed by atoms with Gasteiger partial charge in [-0.15, -0.1) is 0 Å². The molecule has 2 saturated carbocycles. The minimum atomic E-state index is 0.315. The Morgan fingerprint density at radius 2 is 1.35 bits per heavy atom. The molecular weight excluding hydrogens is 284 g/mol. The molecule has 2 heteroatoms. The first kappa shape index (κ1) is 20.7. The lowest BCUT2D eigenvalue weighted by Gasteiger charge is -2.25. The number of Topliss-reactive ketones (excluding diaryl/α,β-unsaturated/α-hetero) is 1. The highest BCUT2D eigenvalue weighted by Gasteiger charge is 2.45. The van der Waals surface area contributed by atoms with Gasteiger partial charge in [0, 0.05) is 12.5 Å². The molecular formula is C21H40O2. The van der Waals surface area contributed by atoms with Crippen LogP contribution in [0.3, 0.4) is 0 Å². The van der Waals surface area contributed by atoms with Crippen LogP contribution in [0, 0.1) is 46.3 Å². The van der Waals surface area contributed by atoms with E-state index >= 15 is 0 Å². The molecule has 1 N–H and O–H groups in total. The van der Waals surface area contributed by atoms with Gasteiger partial charge in [-0.2, -0.15) is 0 Å². The molecule has 23 heavy (non-hydrogen) atoms. The van der Waals surface area contributed by atoms with Gasteiger partial charge in [0.15, 0.2) is 0 Å². The van der Waals surface area contributed by atoms with Crippen LogP contribution in [0.4, 0.5) is 0 Å². The second kappa shape index (κ2) is 7.25. The molecule has 136 valence electrons. The van der Waals surface area contributed by atoms with Crippen molar-refractivity contribution in [2.24, 2.45) is 46.3 Å². The van der Waals surface area contributed by atoms with Crippen LogP contribution in [0.1, 0.15) is 75.2 Å². The van der Waals surface area contributed by atoms with Gasteiger partial charge in [0.25, 0.3) is 0 Å². The van der Waals surface area contributed by atoms with Crippen LogP contribution in [0.25, 0.3) is 0 Å². The van der Waals surface area contributed by atoms with Crippen molar-refractivity contribution in [2.45, 2.75) is 75.2 Å². The van der Waals surface area contributed by atoms with Crippen molar-refractivity contribution >= 4 is 5.78 Å². The summed E-state index contributed by atoms with van der Waals surface area (Å²) in [5.74, 6) is 3.91. The van der Waals surface area contributed by atoms with E-state index in [1.54, 1.807) is 6.92 Å². The summed E-state index contributed by atoms with van der Waals surface area (Å²) in [6.45, 7) is 20.3. The summed E-state index contributed by atoms with van der Waals surface area (Å²) < 4.78 is 0. The molecule has 0 heterocycles. The predicted molar refractivity (Wildman–Crippen MR) is 98.2 cm³/mol. The fourth-order valence-corrected chi connectivity index (χ4v) is 4.91. The maximum Gasteiger partial charge on any atom is 0.133 e. The Kier molecular flexibility index (Phi) is 6.52. The second-order valence-electron chi connectivity index (χ2n) is 9.84. The molecule has 0 unspecified atom stereocenters. The lowest BCUT2D eigenvalue weighted by Crippen LogP contribution is -2.18. The Balaban J connectivity index is 0.000000231. The molecule has 2 aliphatic rings.